The van der Waals surface area contributed by atoms with Crippen LogP contribution in [0.15, 0.2) is 73.1 Å². The summed E-state index contributed by atoms with van der Waals surface area (Å²) in [5.74, 6) is -4.02. The lowest BCUT2D eigenvalue weighted by Gasteiger charge is -2.23. The quantitative estimate of drug-likeness (QED) is 0.272. The number of amides is 3. The van der Waals surface area contributed by atoms with Crippen LogP contribution in [-0.4, -0.2) is 32.5 Å². The second-order valence-corrected chi connectivity index (χ2v) is 9.63. The van der Waals surface area contributed by atoms with E-state index in [2.05, 4.69) is 10.1 Å². The molecule has 3 amide bonds. The summed E-state index contributed by atoms with van der Waals surface area (Å²) in [5.41, 5.74) is 6.14. The van der Waals surface area contributed by atoms with Gasteiger partial charge < -0.3 is 10.5 Å². The van der Waals surface area contributed by atoms with Crippen LogP contribution in [0.1, 0.15) is 49.7 Å². The maximum absolute atomic E-state index is 14.8. The maximum Gasteiger partial charge on any atom is 0.267 e. The maximum atomic E-state index is 14.8. The lowest BCUT2D eigenvalue weighted by Crippen LogP contribution is -2.31. The van der Waals surface area contributed by atoms with Gasteiger partial charge in [-0.05, 0) is 49.4 Å². The molecule has 12 heteroatoms. The van der Waals surface area contributed by atoms with Crippen molar-refractivity contribution in [3.05, 3.63) is 112 Å². The average molecular weight is 574 g/mol. The molecular formula is C29H18ClF2N5O4. The number of hydrogen-bond acceptors (Lipinski definition) is 6. The van der Waals surface area contributed by atoms with E-state index in [1.165, 1.54) is 41.2 Å². The highest BCUT2D eigenvalue weighted by Crippen LogP contribution is 2.39. The van der Waals surface area contributed by atoms with Crippen molar-refractivity contribution < 1.29 is 27.9 Å². The molecule has 0 bridgehead atoms. The average Bonchev–Trinajstić information content (AvgIpc) is 3.56. The van der Waals surface area contributed by atoms with Crippen LogP contribution in [0.3, 0.4) is 0 Å². The number of pyridine rings is 1. The third kappa shape index (κ3) is 4.36. The highest BCUT2D eigenvalue weighted by molar-refractivity contribution is 6.34. The molecule has 6 rings (SSSR count). The van der Waals surface area contributed by atoms with E-state index < -0.39 is 35.5 Å². The van der Waals surface area contributed by atoms with E-state index in [1.807, 2.05) is 0 Å². The van der Waals surface area contributed by atoms with Crippen LogP contribution < -0.4 is 15.4 Å². The Bertz CT molecular complexity index is 1880. The number of carbonyl (C=O) groups is 3. The molecule has 0 saturated carbocycles. The fourth-order valence-electron chi connectivity index (χ4n) is 4.73. The number of hydrogen-bond donors (Lipinski definition) is 1. The molecule has 5 aromatic rings. The molecule has 3 aromatic carbocycles. The van der Waals surface area contributed by atoms with Crippen molar-refractivity contribution in [1.29, 1.82) is 0 Å². The number of rotatable bonds is 6. The summed E-state index contributed by atoms with van der Waals surface area (Å²) >= 11 is 5.98. The molecule has 2 N–H and O–H groups in total. The molecule has 0 spiro atoms. The molecule has 0 unspecified atom stereocenters. The van der Waals surface area contributed by atoms with Crippen molar-refractivity contribution in [3.8, 4) is 11.4 Å². The van der Waals surface area contributed by atoms with Crippen molar-refractivity contribution >= 4 is 46.0 Å². The number of carbonyl (C=O) groups excluding carboxylic acids is 3. The molecule has 0 saturated heterocycles. The zero-order chi connectivity index (χ0) is 29.0. The van der Waals surface area contributed by atoms with Crippen molar-refractivity contribution in [2.45, 2.75) is 13.0 Å². The van der Waals surface area contributed by atoms with Crippen molar-refractivity contribution in [2.75, 3.05) is 4.90 Å². The molecule has 0 fully saturated rings. The van der Waals surface area contributed by atoms with Crippen molar-refractivity contribution in [1.82, 2.24) is 14.8 Å². The number of primary amides is 1. The Hall–Kier alpha value is -5.16. The Kier molecular flexibility index (Phi) is 6.23. The third-order valence-electron chi connectivity index (χ3n) is 6.68. The molecule has 204 valence electrons. The van der Waals surface area contributed by atoms with Gasteiger partial charge in [0, 0.05) is 29.4 Å². The molecular weight excluding hydrogens is 556 g/mol. The Morgan fingerprint density at radius 3 is 2.34 bits per heavy atom. The number of ether oxygens (including phenoxy) is 1. The summed E-state index contributed by atoms with van der Waals surface area (Å²) in [6.07, 6.45) is 2.12. The van der Waals surface area contributed by atoms with Crippen LogP contribution in [-0.2, 0) is 0 Å². The van der Waals surface area contributed by atoms with Crippen LogP contribution in [0.2, 0.25) is 5.02 Å². The van der Waals surface area contributed by atoms with Gasteiger partial charge in [-0.3, -0.25) is 14.4 Å². The van der Waals surface area contributed by atoms with Gasteiger partial charge in [0.25, 0.3) is 17.7 Å². The van der Waals surface area contributed by atoms with Gasteiger partial charge in [0.1, 0.15) is 17.7 Å². The van der Waals surface area contributed by atoms with E-state index >= 15 is 0 Å². The second-order valence-electron chi connectivity index (χ2n) is 9.23. The summed E-state index contributed by atoms with van der Waals surface area (Å²) in [7, 11) is 0. The first kappa shape index (κ1) is 26.1. The van der Waals surface area contributed by atoms with E-state index in [0.717, 1.165) is 17.0 Å². The van der Waals surface area contributed by atoms with Gasteiger partial charge in [-0.15, -0.1) is 0 Å². The number of halogens is 3. The molecule has 3 heterocycles. The predicted octanol–water partition coefficient (Wildman–Crippen LogP) is 5.39. The minimum Gasteiger partial charge on any atom is -0.482 e. The van der Waals surface area contributed by atoms with Crippen molar-refractivity contribution in [3.63, 3.8) is 0 Å². The highest BCUT2D eigenvalue weighted by atomic mass is 35.5. The van der Waals surface area contributed by atoms with Gasteiger partial charge in [-0.1, -0.05) is 23.7 Å². The van der Waals surface area contributed by atoms with Crippen LogP contribution in [0.25, 0.3) is 16.6 Å². The van der Waals surface area contributed by atoms with E-state index in [1.54, 1.807) is 31.3 Å². The van der Waals surface area contributed by atoms with Gasteiger partial charge in [-0.2, -0.15) is 5.10 Å². The minimum atomic E-state index is -0.991. The van der Waals surface area contributed by atoms with E-state index in [4.69, 9.17) is 22.1 Å². The van der Waals surface area contributed by atoms with E-state index in [0.29, 0.717) is 5.56 Å². The summed E-state index contributed by atoms with van der Waals surface area (Å²) in [6.45, 7) is 1.60. The fourth-order valence-corrected chi connectivity index (χ4v) is 4.88. The molecule has 0 radical (unpaired) electrons. The molecule has 41 heavy (non-hydrogen) atoms. The number of anilines is 1. The van der Waals surface area contributed by atoms with E-state index in [-0.39, 0.29) is 49.9 Å². The summed E-state index contributed by atoms with van der Waals surface area (Å²) < 4.78 is 36.8. The lowest BCUT2D eigenvalue weighted by atomic mass is 10.0. The standard InChI is InChI=1S/C29H18ClF2N5O4/c1-14(18-11-19(26(33)38)21(31)13-24(18)36-8-4-7-34-36)41-25-10-15-9-22(32)20(30)12-23(15)35-27(25)37-28(39)16-5-2-3-6-17(16)29(37)40/h2-14H,1H3,(H2,33,38)/t14-/m0/s1. The number of aromatic nitrogens is 3. The topological polar surface area (TPSA) is 120 Å². The van der Waals surface area contributed by atoms with Crippen molar-refractivity contribution in [2.24, 2.45) is 5.73 Å². The zero-order valence-electron chi connectivity index (χ0n) is 21.1. The normalized spacial score (nSPS) is 13.5. The zero-order valence-corrected chi connectivity index (χ0v) is 21.9. The van der Waals surface area contributed by atoms with Gasteiger partial charge in [-0.25, -0.2) is 23.3 Å². The predicted molar refractivity (Wildman–Crippen MR) is 145 cm³/mol. The second kappa shape index (κ2) is 9.79. The molecule has 1 aliphatic heterocycles. The fraction of sp³-hybridized carbons (Fsp3) is 0.0690. The summed E-state index contributed by atoms with van der Waals surface area (Å²) in [4.78, 5) is 44.0. The van der Waals surface area contributed by atoms with Crippen LogP contribution in [0.5, 0.6) is 5.75 Å². The molecule has 1 aliphatic rings. The van der Waals surface area contributed by atoms with Crippen LogP contribution in [0, 0.1) is 11.6 Å². The van der Waals surface area contributed by atoms with E-state index in [9.17, 15) is 23.2 Å². The molecule has 1 atom stereocenters. The highest BCUT2D eigenvalue weighted by Gasteiger charge is 2.39. The Morgan fingerprint density at radius 2 is 1.71 bits per heavy atom. The smallest absolute Gasteiger partial charge is 0.267 e. The number of fused-ring (bicyclic) bond motifs is 2. The summed E-state index contributed by atoms with van der Waals surface area (Å²) in [5, 5.41) is 4.23. The van der Waals surface area contributed by atoms with Crippen LogP contribution in [0.4, 0.5) is 14.6 Å². The minimum absolute atomic E-state index is 0.0578. The monoisotopic (exact) mass is 573 g/mol. The molecule has 2 aromatic heterocycles. The first-order valence-electron chi connectivity index (χ1n) is 12.2. The first-order valence-corrected chi connectivity index (χ1v) is 12.6. The number of imide groups is 1. The third-order valence-corrected chi connectivity index (χ3v) is 6.97. The van der Waals surface area contributed by atoms with Gasteiger partial charge in [0.05, 0.1) is 32.9 Å². The number of nitrogens with zero attached hydrogens (tertiary/aromatic N) is 4. The molecule has 0 aliphatic carbocycles. The van der Waals surface area contributed by atoms with Gasteiger partial charge in [0.15, 0.2) is 11.6 Å². The largest absolute Gasteiger partial charge is 0.482 e. The Labute approximate surface area is 235 Å². The SMILES string of the molecule is C[C@H](Oc1cc2cc(F)c(Cl)cc2nc1N1C(=O)c2ccccc2C1=O)c1cc(C(N)=O)c(F)cc1-n1cccn1. The van der Waals surface area contributed by atoms with Gasteiger partial charge >= 0.3 is 0 Å². The lowest BCUT2D eigenvalue weighted by molar-refractivity contribution is 0.0920. The number of benzene rings is 3. The Balaban J connectivity index is 1.51. The van der Waals surface area contributed by atoms with Crippen LogP contribution >= 0.6 is 11.6 Å². The Morgan fingerprint density at radius 1 is 1.00 bits per heavy atom. The van der Waals surface area contributed by atoms with Gasteiger partial charge in [0.2, 0.25) is 0 Å². The summed E-state index contributed by atoms with van der Waals surface area (Å²) in [6, 6.07) is 14.1. The first-order chi connectivity index (χ1) is 19.6. The molecule has 9 nitrogen and oxygen atoms in total. The number of nitrogens with two attached hydrogens (primary N) is 1.